The van der Waals surface area contributed by atoms with Crippen molar-refractivity contribution >= 4 is 33.4 Å². The van der Waals surface area contributed by atoms with Crippen LogP contribution in [0.4, 0.5) is 0 Å². The van der Waals surface area contributed by atoms with Gasteiger partial charge in [-0.15, -0.1) is 0 Å². The van der Waals surface area contributed by atoms with E-state index in [2.05, 4.69) is 51.1 Å². The summed E-state index contributed by atoms with van der Waals surface area (Å²) >= 11 is 2.52. The van der Waals surface area contributed by atoms with Crippen molar-refractivity contribution in [2.75, 3.05) is 0 Å². The Hall–Kier alpha value is -1.43. The van der Waals surface area contributed by atoms with E-state index in [0.717, 1.165) is 18.6 Å². The average Bonchev–Trinajstić information content (AvgIpc) is 3.07. The lowest BCUT2D eigenvalue weighted by Gasteiger charge is -2.09. The molecule has 1 aromatic carbocycles. The van der Waals surface area contributed by atoms with E-state index in [1.54, 1.807) is 6.20 Å². The molecule has 2 aromatic heterocycles. The first-order valence-corrected chi connectivity index (χ1v) is 8.88. The normalized spacial score (nSPS) is 20.5. The topological polar surface area (TPSA) is 38.9 Å². The molecule has 5 rings (SSSR count). The van der Waals surface area contributed by atoms with E-state index >= 15 is 0 Å². The summed E-state index contributed by atoms with van der Waals surface area (Å²) in [4.78, 5) is 4.67. The second-order valence-corrected chi connectivity index (χ2v) is 7.53. The zero-order chi connectivity index (χ0) is 14.7. The smallest absolute Gasteiger partial charge is 0.140 e. The molecule has 4 heteroatoms. The molecule has 2 heterocycles. The van der Waals surface area contributed by atoms with Gasteiger partial charge >= 0.3 is 0 Å². The minimum absolute atomic E-state index is 0.429. The van der Waals surface area contributed by atoms with E-state index < -0.39 is 0 Å². The number of hydrogen-bond donors (Lipinski definition) is 0. The van der Waals surface area contributed by atoms with E-state index in [9.17, 15) is 0 Å². The number of nitrogens with zero attached hydrogens (tertiary/aromatic N) is 2. The van der Waals surface area contributed by atoms with Crippen molar-refractivity contribution in [2.24, 2.45) is 0 Å². The minimum Gasteiger partial charge on any atom is -0.361 e. The molecule has 0 spiro atoms. The Morgan fingerprint density at radius 1 is 1.14 bits per heavy atom. The molecule has 2 aliphatic carbocycles. The SMILES string of the molecule is Ic1c2c(cc3cnc(C4CC4)cc13)CC(c1ccno1)C2. The zero-order valence-corrected chi connectivity index (χ0v) is 14.2. The average molecular weight is 402 g/mol. The highest BCUT2D eigenvalue weighted by Gasteiger charge is 2.29. The number of halogens is 1. The second-order valence-electron chi connectivity index (χ2n) is 6.45. The molecule has 0 N–H and O–H groups in total. The first-order chi connectivity index (χ1) is 10.8. The fraction of sp³-hybridized carbons (Fsp3) is 0.333. The number of rotatable bonds is 2. The summed E-state index contributed by atoms with van der Waals surface area (Å²) in [5, 5.41) is 6.50. The predicted molar refractivity (Wildman–Crippen MR) is 93.1 cm³/mol. The number of aromatic nitrogens is 2. The lowest BCUT2D eigenvalue weighted by atomic mass is 10.0. The van der Waals surface area contributed by atoms with Crippen molar-refractivity contribution in [3.8, 4) is 0 Å². The molecule has 22 heavy (non-hydrogen) atoms. The molecule has 0 bridgehead atoms. The third-order valence-corrected chi connectivity index (χ3v) is 6.18. The van der Waals surface area contributed by atoms with Crippen molar-refractivity contribution in [3.05, 3.63) is 56.7 Å². The van der Waals surface area contributed by atoms with Crippen LogP contribution >= 0.6 is 22.6 Å². The third-order valence-electron chi connectivity index (χ3n) is 4.95. The van der Waals surface area contributed by atoms with Gasteiger partial charge in [-0.3, -0.25) is 4.98 Å². The van der Waals surface area contributed by atoms with Gasteiger partial charge in [0.05, 0.1) is 6.20 Å². The number of fused-ring (bicyclic) bond motifs is 2. The second kappa shape index (κ2) is 4.78. The summed E-state index contributed by atoms with van der Waals surface area (Å²) in [6.45, 7) is 0. The first-order valence-electron chi connectivity index (χ1n) is 7.80. The fourth-order valence-corrected chi connectivity index (χ4v) is 4.63. The third kappa shape index (κ3) is 2.00. The Balaban J connectivity index is 1.62. The number of pyridine rings is 1. The van der Waals surface area contributed by atoms with Gasteiger partial charge in [-0.05, 0) is 76.9 Å². The van der Waals surface area contributed by atoms with E-state index in [1.807, 2.05) is 6.07 Å². The van der Waals surface area contributed by atoms with E-state index in [0.29, 0.717) is 11.8 Å². The molecule has 110 valence electrons. The van der Waals surface area contributed by atoms with Crippen LogP contribution in [0.2, 0.25) is 0 Å². The van der Waals surface area contributed by atoms with Crippen LogP contribution in [-0.4, -0.2) is 10.1 Å². The van der Waals surface area contributed by atoms with Gasteiger partial charge in [-0.25, -0.2) is 0 Å². The molecule has 0 aliphatic heterocycles. The molecule has 3 nitrogen and oxygen atoms in total. The molecule has 1 unspecified atom stereocenters. The van der Waals surface area contributed by atoms with Gasteiger partial charge in [0.25, 0.3) is 0 Å². The zero-order valence-electron chi connectivity index (χ0n) is 12.1. The highest BCUT2D eigenvalue weighted by Crippen LogP contribution is 2.42. The van der Waals surface area contributed by atoms with Gasteiger partial charge < -0.3 is 4.52 Å². The highest BCUT2D eigenvalue weighted by molar-refractivity contribution is 14.1. The number of hydrogen-bond acceptors (Lipinski definition) is 3. The summed E-state index contributed by atoms with van der Waals surface area (Å²) in [6.07, 6.45) is 8.50. The highest BCUT2D eigenvalue weighted by atomic mass is 127. The van der Waals surface area contributed by atoms with Gasteiger partial charge in [0, 0.05) is 38.7 Å². The maximum Gasteiger partial charge on any atom is 0.140 e. The fourth-order valence-electron chi connectivity index (χ4n) is 3.59. The minimum atomic E-state index is 0.429. The van der Waals surface area contributed by atoms with E-state index in [-0.39, 0.29) is 0 Å². The van der Waals surface area contributed by atoms with Crippen LogP contribution in [0, 0.1) is 3.57 Å². The van der Waals surface area contributed by atoms with Gasteiger partial charge in [0.15, 0.2) is 0 Å². The molecule has 0 amide bonds. The summed E-state index contributed by atoms with van der Waals surface area (Å²) in [5.41, 5.74) is 4.21. The van der Waals surface area contributed by atoms with E-state index in [1.165, 1.54) is 44.0 Å². The van der Waals surface area contributed by atoms with Gasteiger partial charge in [-0.2, -0.15) is 0 Å². The van der Waals surface area contributed by atoms with Crippen LogP contribution in [0.5, 0.6) is 0 Å². The van der Waals surface area contributed by atoms with Crippen LogP contribution < -0.4 is 0 Å². The molecule has 1 saturated carbocycles. The monoisotopic (exact) mass is 402 g/mol. The van der Waals surface area contributed by atoms with Gasteiger partial charge in [0.2, 0.25) is 0 Å². The first kappa shape index (κ1) is 13.0. The summed E-state index contributed by atoms with van der Waals surface area (Å²) in [5.74, 6) is 2.14. The van der Waals surface area contributed by atoms with E-state index in [4.69, 9.17) is 4.52 Å². The van der Waals surface area contributed by atoms with Crippen LogP contribution in [0.25, 0.3) is 10.8 Å². The van der Waals surface area contributed by atoms with Crippen molar-refractivity contribution in [3.63, 3.8) is 0 Å². The Bertz CT molecular complexity index is 868. The van der Waals surface area contributed by atoms with Crippen LogP contribution in [-0.2, 0) is 12.8 Å². The number of benzene rings is 1. The maximum absolute atomic E-state index is 5.38. The van der Waals surface area contributed by atoms with Crippen molar-refractivity contribution in [2.45, 2.75) is 37.5 Å². The molecule has 3 aromatic rings. The Morgan fingerprint density at radius 2 is 2.05 bits per heavy atom. The summed E-state index contributed by atoms with van der Waals surface area (Å²) in [7, 11) is 0. The Morgan fingerprint density at radius 3 is 2.82 bits per heavy atom. The van der Waals surface area contributed by atoms with Gasteiger partial charge in [-0.1, -0.05) is 5.16 Å². The molecule has 2 aliphatic rings. The quantitative estimate of drug-likeness (QED) is 0.589. The Kier molecular flexibility index (Phi) is 2.84. The Labute approximate surface area is 142 Å². The largest absolute Gasteiger partial charge is 0.361 e. The molecular weight excluding hydrogens is 387 g/mol. The van der Waals surface area contributed by atoms with Crippen molar-refractivity contribution < 1.29 is 4.52 Å². The molecule has 1 fully saturated rings. The lowest BCUT2D eigenvalue weighted by Crippen LogP contribution is -1.95. The predicted octanol–water partition coefficient (Wildman–Crippen LogP) is 4.59. The van der Waals surface area contributed by atoms with Crippen molar-refractivity contribution in [1.82, 2.24) is 10.1 Å². The van der Waals surface area contributed by atoms with Crippen LogP contribution in [0.3, 0.4) is 0 Å². The lowest BCUT2D eigenvalue weighted by molar-refractivity contribution is 0.362. The molecule has 1 atom stereocenters. The molecule has 0 radical (unpaired) electrons. The summed E-state index contributed by atoms with van der Waals surface area (Å²) < 4.78 is 6.78. The maximum atomic E-state index is 5.38. The van der Waals surface area contributed by atoms with Crippen molar-refractivity contribution in [1.29, 1.82) is 0 Å². The molecule has 0 saturated heterocycles. The standard InChI is InChI=1S/C18H15IN2O/c19-18-14-7-12(17-3-4-21-22-17)5-11(14)6-13-9-20-16(8-15(13)18)10-1-2-10/h3-4,6,8-10,12H,1-2,5,7H2. The molecular formula is C18H15IN2O. The van der Waals surface area contributed by atoms with Gasteiger partial charge in [0.1, 0.15) is 5.76 Å². The van der Waals surface area contributed by atoms with Crippen LogP contribution in [0.1, 0.15) is 47.3 Å². The summed E-state index contributed by atoms with van der Waals surface area (Å²) in [6, 6.07) is 6.64. The van der Waals surface area contributed by atoms with Crippen LogP contribution in [0.15, 0.2) is 35.1 Å².